The number of rotatable bonds is 8. The summed E-state index contributed by atoms with van der Waals surface area (Å²) in [6.45, 7) is 3.22. The first kappa shape index (κ1) is 15.8. The first-order valence-electron chi connectivity index (χ1n) is 7.88. The largest absolute Gasteiger partial charge is 0.490 e. The van der Waals surface area contributed by atoms with Gasteiger partial charge in [-0.3, -0.25) is 4.79 Å². The Hall–Kier alpha value is -1.55. The van der Waals surface area contributed by atoms with Gasteiger partial charge in [-0.05, 0) is 56.7 Å². The molecule has 2 rings (SSSR count). The lowest BCUT2D eigenvalue weighted by molar-refractivity contribution is -0.125. The zero-order chi connectivity index (χ0) is 14.9. The van der Waals surface area contributed by atoms with Gasteiger partial charge < -0.3 is 14.8 Å². The lowest BCUT2D eigenvalue weighted by atomic mass is 10.1. The molecule has 0 unspecified atom stereocenters. The van der Waals surface area contributed by atoms with Crippen molar-refractivity contribution in [2.24, 2.45) is 0 Å². The fourth-order valence-corrected chi connectivity index (χ4v) is 2.53. The van der Waals surface area contributed by atoms with Gasteiger partial charge in [-0.1, -0.05) is 12.1 Å². The zero-order valence-corrected chi connectivity index (χ0v) is 12.8. The Morgan fingerprint density at radius 3 is 2.62 bits per heavy atom. The molecule has 0 aromatic heterocycles. The number of carbonyl (C=O) groups excluding carboxylic acids is 1. The zero-order valence-electron chi connectivity index (χ0n) is 12.8. The predicted octanol–water partition coefficient (Wildman–Crippen LogP) is 2.70. The Morgan fingerprint density at radius 2 is 1.95 bits per heavy atom. The Balaban J connectivity index is 1.68. The van der Waals surface area contributed by atoms with E-state index in [1.807, 2.05) is 19.1 Å². The van der Waals surface area contributed by atoms with Crippen molar-refractivity contribution in [2.45, 2.75) is 45.1 Å². The first-order valence-corrected chi connectivity index (χ1v) is 7.88. The van der Waals surface area contributed by atoms with E-state index in [9.17, 15) is 4.79 Å². The fraction of sp³-hybridized carbons (Fsp3) is 0.588. The van der Waals surface area contributed by atoms with Crippen LogP contribution in [-0.4, -0.2) is 31.8 Å². The summed E-state index contributed by atoms with van der Waals surface area (Å²) in [7, 11) is 0. The Bertz CT molecular complexity index is 424. The second kappa shape index (κ2) is 8.67. The van der Waals surface area contributed by atoms with Crippen molar-refractivity contribution in [3.63, 3.8) is 0 Å². The van der Waals surface area contributed by atoms with E-state index in [1.165, 1.54) is 31.2 Å². The van der Waals surface area contributed by atoms with Gasteiger partial charge in [0.25, 0.3) is 0 Å². The smallest absolute Gasteiger partial charge is 0.246 e. The molecule has 1 N–H and O–H groups in total. The van der Waals surface area contributed by atoms with Gasteiger partial charge in [0, 0.05) is 13.2 Å². The standard InChI is InChI=1S/C17H25NO3/c1-2-20-13-17(19)18-12-11-14-7-9-16(10-8-14)21-15-5-3-4-6-15/h7-10,15H,2-6,11-13H2,1H3,(H,18,19). The van der Waals surface area contributed by atoms with Gasteiger partial charge in [0.2, 0.25) is 5.91 Å². The highest BCUT2D eigenvalue weighted by Crippen LogP contribution is 2.24. The molecule has 1 aromatic carbocycles. The molecule has 1 saturated carbocycles. The summed E-state index contributed by atoms with van der Waals surface area (Å²) in [5.41, 5.74) is 1.20. The molecule has 21 heavy (non-hydrogen) atoms. The molecule has 0 spiro atoms. The summed E-state index contributed by atoms with van der Waals surface area (Å²) < 4.78 is 11.0. The topological polar surface area (TPSA) is 47.6 Å². The molecule has 0 radical (unpaired) electrons. The van der Waals surface area contributed by atoms with Crippen LogP contribution in [0.15, 0.2) is 24.3 Å². The highest BCUT2D eigenvalue weighted by molar-refractivity contribution is 5.77. The fourth-order valence-electron chi connectivity index (χ4n) is 2.53. The summed E-state index contributed by atoms with van der Waals surface area (Å²) >= 11 is 0. The number of hydrogen-bond donors (Lipinski definition) is 1. The average molecular weight is 291 g/mol. The Kier molecular flexibility index (Phi) is 6.54. The van der Waals surface area contributed by atoms with Crippen LogP contribution in [0.3, 0.4) is 0 Å². The second-order valence-corrected chi connectivity index (χ2v) is 5.41. The molecule has 116 valence electrons. The maximum absolute atomic E-state index is 11.4. The van der Waals surface area contributed by atoms with Crippen LogP contribution in [0.1, 0.15) is 38.2 Å². The normalized spacial score (nSPS) is 15.1. The van der Waals surface area contributed by atoms with Gasteiger partial charge in [0.15, 0.2) is 0 Å². The molecule has 0 atom stereocenters. The highest BCUT2D eigenvalue weighted by Gasteiger charge is 2.16. The first-order chi connectivity index (χ1) is 10.3. The molecule has 1 aliphatic carbocycles. The molecular formula is C17H25NO3. The minimum Gasteiger partial charge on any atom is -0.490 e. The van der Waals surface area contributed by atoms with Crippen molar-refractivity contribution < 1.29 is 14.3 Å². The summed E-state index contributed by atoms with van der Waals surface area (Å²) in [5, 5.41) is 2.84. The predicted molar refractivity (Wildman–Crippen MR) is 82.5 cm³/mol. The van der Waals surface area contributed by atoms with Crippen LogP contribution in [-0.2, 0) is 16.0 Å². The van der Waals surface area contributed by atoms with E-state index >= 15 is 0 Å². The van der Waals surface area contributed by atoms with Gasteiger partial charge in [-0.15, -0.1) is 0 Å². The van der Waals surface area contributed by atoms with Gasteiger partial charge in [-0.2, -0.15) is 0 Å². The Morgan fingerprint density at radius 1 is 1.24 bits per heavy atom. The molecule has 0 bridgehead atoms. The molecule has 1 aromatic rings. The summed E-state index contributed by atoms with van der Waals surface area (Å²) in [4.78, 5) is 11.4. The third-order valence-electron chi connectivity index (χ3n) is 3.70. The van der Waals surface area contributed by atoms with Crippen LogP contribution in [0.2, 0.25) is 0 Å². The van der Waals surface area contributed by atoms with Crippen molar-refractivity contribution in [1.82, 2.24) is 5.32 Å². The monoisotopic (exact) mass is 291 g/mol. The van der Waals surface area contributed by atoms with Crippen LogP contribution in [0, 0.1) is 0 Å². The van der Waals surface area contributed by atoms with Crippen molar-refractivity contribution in [3.05, 3.63) is 29.8 Å². The van der Waals surface area contributed by atoms with Crippen molar-refractivity contribution in [3.8, 4) is 5.75 Å². The number of amides is 1. The summed E-state index contributed by atoms with van der Waals surface area (Å²) in [5.74, 6) is 0.893. The van der Waals surface area contributed by atoms with E-state index in [1.54, 1.807) is 0 Å². The maximum atomic E-state index is 11.4. The lowest BCUT2D eigenvalue weighted by Gasteiger charge is -2.13. The minimum absolute atomic E-state index is 0.0574. The SMILES string of the molecule is CCOCC(=O)NCCc1ccc(OC2CCCC2)cc1. The summed E-state index contributed by atoms with van der Waals surface area (Å²) in [6.07, 6.45) is 6.13. The van der Waals surface area contributed by atoms with Crippen LogP contribution in [0.5, 0.6) is 5.75 Å². The van der Waals surface area contributed by atoms with Crippen LogP contribution >= 0.6 is 0 Å². The van der Waals surface area contributed by atoms with E-state index < -0.39 is 0 Å². The number of nitrogens with one attached hydrogen (secondary N) is 1. The van der Waals surface area contributed by atoms with E-state index in [2.05, 4.69) is 17.4 Å². The van der Waals surface area contributed by atoms with Crippen LogP contribution < -0.4 is 10.1 Å². The minimum atomic E-state index is -0.0574. The van der Waals surface area contributed by atoms with E-state index in [0.717, 1.165) is 12.2 Å². The molecule has 1 amide bonds. The van der Waals surface area contributed by atoms with Crippen LogP contribution in [0.4, 0.5) is 0 Å². The van der Waals surface area contributed by atoms with Crippen molar-refractivity contribution >= 4 is 5.91 Å². The Labute approximate surface area is 126 Å². The average Bonchev–Trinajstić information content (AvgIpc) is 3.00. The lowest BCUT2D eigenvalue weighted by Crippen LogP contribution is -2.29. The van der Waals surface area contributed by atoms with Gasteiger partial charge in [-0.25, -0.2) is 0 Å². The molecule has 0 aliphatic heterocycles. The van der Waals surface area contributed by atoms with Crippen molar-refractivity contribution in [2.75, 3.05) is 19.8 Å². The maximum Gasteiger partial charge on any atom is 0.246 e. The molecule has 1 aliphatic rings. The molecular weight excluding hydrogens is 266 g/mol. The molecule has 1 fully saturated rings. The molecule has 4 heteroatoms. The van der Waals surface area contributed by atoms with Crippen LogP contribution in [0.25, 0.3) is 0 Å². The number of benzene rings is 1. The summed E-state index contributed by atoms with van der Waals surface area (Å²) in [6, 6.07) is 8.18. The van der Waals surface area contributed by atoms with Gasteiger partial charge >= 0.3 is 0 Å². The van der Waals surface area contributed by atoms with E-state index in [-0.39, 0.29) is 12.5 Å². The number of hydrogen-bond acceptors (Lipinski definition) is 3. The van der Waals surface area contributed by atoms with Gasteiger partial charge in [0.1, 0.15) is 12.4 Å². The van der Waals surface area contributed by atoms with Gasteiger partial charge in [0.05, 0.1) is 6.10 Å². The molecule has 0 heterocycles. The third kappa shape index (κ3) is 5.76. The van der Waals surface area contributed by atoms with E-state index in [4.69, 9.17) is 9.47 Å². The number of ether oxygens (including phenoxy) is 2. The molecule has 0 saturated heterocycles. The van der Waals surface area contributed by atoms with Crippen molar-refractivity contribution in [1.29, 1.82) is 0 Å². The molecule has 4 nitrogen and oxygen atoms in total. The second-order valence-electron chi connectivity index (χ2n) is 5.41. The quantitative estimate of drug-likeness (QED) is 0.801. The third-order valence-corrected chi connectivity index (χ3v) is 3.70. The number of carbonyl (C=O) groups is 1. The highest BCUT2D eigenvalue weighted by atomic mass is 16.5. The van der Waals surface area contributed by atoms with E-state index in [0.29, 0.717) is 19.3 Å².